The van der Waals surface area contributed by atoms with Crippen LogP contribution in [0.5, 0.6) is 0 Å². The lowest BCUT2D eigenvalue weighted by atomic mass is 9.87. The number of thiocarbonyl (C=S) groups is 1. The fourth-order valence-corrected chi connectivity index (χ4v) is 2.68. The number of hydrogen-bond donors (Lipinski definition) is 2. The standard InChI is InChI=1S/C14H21N3S/c15-14(18)13-10-12(7-9-17-13)16-8-6-11-4-2-1-3-5-11/h7,9-11H,1-6,8H2,(H2,15,18)(H,16,17). The molecule has 98 valence electrons. The molecule has 0 atom stereocenters. The molecule has 0 spiro atoms. The van der Waals surface area contributed by atoms with E-state index in [1.165, 1.54) is 38.5 Å². The zero-order chi connectivity index (χ0) is 12.8. The molecule has 1 aliphatic rings. The van der Waals surface area contributed by atoms with E-state index in [-0.39, 0.29) is 0 Å². The summed E-state index contributed by atoms with van der Waals surface area (Å²) in [5.74, 6) is 0.906. The molecule has 4 heteroatoms. The number of pyridine rings is 1. The second kappa shape index (κ2) is 6.69. The van der Waals surface area contributed by atoms with Crippen molar-refractivity contribution in [2.45, 2.75) is 38.5 Å². The third kappa shape index (κ3) is 3.95. The van der Waals surface area contributed by atoms with Crippen molar-refractivity contribution in [2.24, 2.45) is 11.7 Å². The molecule has 0 unspecified atom stereocenters. The van der Waals surface area contributed by atoms with Gasteiger partial charge in [0.05, 0.1) is 5.69 Å². The van der Waals surface area contributed by atoms with Crippen molar-refractivity contribution in [3.63, 3.8) is 0 Å². The second-order valence-corrected chi connectivity index (χ2v) is 5.45. The number of nitrogens with one attached hydrogen (secondary N) is 1. The van der Waals surface area contributed by atoms with Crippen LogP contribution in [0.25, 0.3) is 0 Å². The van der Waals surface area contributed by atoms with Crippen LogP contribution in [0.3, 0.4) is 0 Å². The molecule has 0 saturated heterocycles. The average Bonchev–Trinajstić information content (AvgIpc) is 2.40. The quantitative estimate of drug-likeness (QED) is 0.802. The number of nitrogens with zero attached hydrogens (tertiary/aromatic N) is 1. The Bertz CT molecular complexity index is 400. The molecule has 1 fully saturated rings. The van der Waals surface area contributed by atoms with Gasteiger partial charge in [-0.15, -0.1) is 0 Å². The Kier molecular flexibility index (Phi) is 4.93. The Hall–Kier alpha value is -1.16. The molecule has 3 nitrogen and oxygen atoms in total. The molecule has 0 bridgehead atoms. The molecule has 18 heavy (non-hydrogen) atoms. The fourth-order valence-electron chi connectivity index (χ4n) is 2.57. The Labute approximate surface area is 114 Å². The van der Waals surface area contributed by atoms with Crippen LogP contribution < -0.4 is 11.1 Å². The van der Waals surface area contributed by atoms with E-state index >= 15 is 0 Å². The van der Waals surface area contributed by atoms with Gasteiger partial charge in [-0.3, -0.25) is 4.98 Å². The van der Waals surface area contributed by atoms with Crippen LogP contribution >= 0.6 is 12.2 Å². The summed E-state index contributed by atoms with van der Waals surface area (Å²) in [4.78, 5) is 4.48. The lowest BCUT2D eigenvalue weighted by Crippen LogP contribution is -2.14. The SMILES string of the molecule is NC(=S)c1cc(NCCC2CCCCC2)ccn1. The van der Waals surface area contributed by atoms with Gasteiger partial charge in [0.2, 0.25) is 0 Å². The fraction of sp³-hybridized carbons (Fsp3) is 0.571. The summed E-state index contributed by atoms with van der Waals surface area (Å²) in [6.45, 7) is 1.02. The van der Waals surface area contributed by atoms with Crippen LogP contribution in [0, 0.1) is 5.92 Å². The first-order valence-electron chi connectivity index (χ1n) is 6.75. The highest BCUT2D eigenvalue weighted by Gasteiger charge is 2.12. The van der Waals surface area contributed by atoms with Crippen LogP contribution in [0.4, 0.5) is 5.69 Å². The van der Waals surface area contributed by atoms with Crippen molar-refractivity contribution in [1.29, 1.82) is 0 Å². The second-order valence-electron chi connectivity index (χ2n) is 5.01. The molecule has 1 saturated carbocycles. The maximum Gasteiger partial charge on any atom is 0.122 e. The van der Waals surface area contributed by atoms with E-state index < -0.39 is 0 Å². The van der Waals surface area contributed by atoms with Gasteiger partial charge in [-0.1, -0.05) is 44.3 Å². The van der Waals surface area contributed by atoms with Gasteiger partial charge in [0.1, 0.15) is 4.99 Å². The van der Waals surface area contributed by atoms with E-state index in [1.54, 1.807) is 6.20 Å². The minimum absolute atomic E-state index is 0.353. The zero-order valence-electron chi connectivity index (χ0n) is 10.7. The van der Waals surface area contributed by atoms with E-state index in [2.05, 4.69) is 10.3 Å². The Balaban J connectivity index is 1.78. The van der Waals surface area contributed by atoms with Crippen LogP contribution in [-0.2, 0) is 0 Å². The van der Waals surface area contributed by atoms with Crippen molar-refractivity contribution in [3.05, 3.63) is 24.0 Å². The van der Waals surface area contributed by atoms with Gasteiger partial charge in [-0.05, 0) is 24.5 Å². The third-order valence-electron chi connectivity index (χ3n) is 3.62. The number of aromatic nitrogens is 1. The zero-order valence-corrected chi connectivity index (χ0v) is 11.5. The van der Waals surface area contributed by atoms with E-state index in [9.17, 15) is 0 Å². The maximum absolute atomic E-state index is 5.57. The summed E-state index contributed by atoms with van der Waals surface area (Å²) in [5.41, 5.74) is 7.32. The average molecular weight is 263 g/mol. The number of anilines is 1. The molecule has 0 aromatic carbocycles. The molecule has 1 aromatic heterocycles. The van der Waals surface area contributed by atoms with Gasteiger partial charge in [0.15, 0.2) is 0 Å². The Morgan fingerprint density at radius 1 is 1.39 bits per heavy atom. The van der Waals surface area contributed by atoms with E-state index in [0.717, 1.165) is 18.2 Å². The van der Waals surface area contributed by atoms with Crippen molar-refractivity contribution in [3.8, 4) is 0 Å². The van der Waals surface area contributed by atoms with E-state index in [1.807, 2.05) is 12.1 Å². The van der Waals surface area contributed by atoms with Crippen LogP contribution in [-0.4, -0.2) is 16.5 Å². The Morgan fingerprint density at radius 3 is 2.89 bits per heavy atom. The van der Waals surface area contributed by atoms with Gasteiger partial charge >= 0.3 is 0 Å². The first-order chi connectivity index (χ1) is 8.75. The summed E-state index contributed by atoms with van der Waals surface area (Å²) < 4.78 is 0. The Morgan fingerprint density at radius 2 is 2.17 bits per heavy atom. The molecule has 1 aliphatic carbocycles. The molecular weight excluding hydrogens is 242 g/mol. The first-order valence-corrected chi connectivity index (χ1v) is 7.16. The minimum atomic E-state index is 0.353. The molecule has 0 amide bonds. The van der Waals surface area contributed by atoms with Gasteiger partial charge in [0, 0.05) is 18.4 Å². The number of rotatable bonds is 5. The van der Waals surface area contributed by atoms with Gasteiger partial charge in [-0.2, -0.15) is 0 Å². The predicted octanol–water partition coefficient (Wildman–Crippen LogP) is 3.10. The lowest BCUT2D eigenvalue weighted by Gasteiger charge is -2.21. The van der Waals surface area contributed by atoms with Crippen molar-refractivity contribution >= 4 is 22.9 Å². The normalized spacial score (nSPS) is 16.4. The topological polar surface area (TPSA) is 50.9 Å². The van der Waals surface area contributed by atoms with Gasteiger partial charge in [-0.25, -0.2) is 0 Å². The summed E-state index contributed by atoms with van der Waals surface area (Å²) in [6, 6.07) is 3.88. The summed E-state index contributed by atoms with van der Waals surface area (Å²) in [6.07, 6.45) is 10.0. The highest BCUT2D eigenvalue weighted by Crippen LogP contribution is 2.26. The third-order valence-corrected chi connectivity index (χ3v) is 3.83. The lowest BCUT2D eigenvalue weighted by molar-refractivity contribution is 0.345. The number of nitrogens with two attached hydrogens (primary N) is 1. The number of hydrogen-bond acceptors (Lipinski definition) is 3. The molecule has 2 rings (SSSR count). The summed E-state index contributed by atoms with van der Waals surface area (Å²) in [7, 11) is 0. The molecular formula is C14H21N3S. The van der Waals surface area contributed by atoms with Crippen LogP contribution in [0.2, 0.25) is 0 Å². The predicted molar refractivity (Wildman–Crippen MR) is 79.8 cm³/mol. The largest absolute Gasteiger partial charge is 0.388 e. The van der Waals surface area contributed by atoms with Crippen LogP contribution in [0.1, 0.15) is 44.2 Å². The molecule has 3 N–H and O–H groups in total. The van der Waals surface area contributed by atoms with E-state index in [0.29, 0.717) is 10.7 Å². The van der Waals surface area contributed by atoms with E-state index in [4.69, 9.17) is 18.0 Å². The van der Waals surface area contributed by atoms with Gasteiger partial charge in [0.25, 0.3) is 0 Å². The monoisotopic (exact) mass is 263 g/mol. The molecule has 1 heterocycles. The minimum Gasteiger partial charge on any atom is -0.388 e. The molecule has 0 aliphatic heterocycles. The maximum atomic E-state index is 5.57. The van der Waals surface area contributed by atoms with Gasteiger partial charge < -0.3 is 11.1 Å². The van der Waals surface area contributed by atoms with Crippen molar-refractivity contribution in [1.82, 2.24) is 4.98 Å². The highest BCUT2D eigenvalue weighted by atomic mass is 32.1. The summed E-state index contributed by atoms with van der Waals surface area (Å²) in [5, 5.41) is 3.43. The summed E-state index contributed by atoms with van der Waals surface area (Å²) >= 11 is 4.92. The highest BCUT2D eigenvalue weighted by molar-refractivity contribution is 7.80. The smallest absolute Gasteiger partial charge is 0.122 e. The van der Waals surface area contributed by atoms with Crippen LogP contribution in [0.15, 0.2) is 18.3 Å². The molecule has 1 aromatic rings. The van der Waals surface area contributed by atoms with Crippen molar-refractivity contribution in [2.75, 3.05) is 11.9 Å². The first kappa shape index (κ1) is 13.3. The van der Waals surface area contributed by atoms with Crippen molar-refractivity contribution < 1.29 is 0 Å². The molecule has 0 radical (unpaired) electrons.